The molecule has 0 aliphatic heterocycles. The number of hydrogen-bond donors (Lipinski definition) is 2. The normalized spacial score (nSPS) is 15.1. The van der Waals surface area contributed by atoms with Crippen molar-refractivity contribution in [2.24, 2.45) is 11.5 Å². The fraction of sp³-hybridized carbons (Fsp3) is 0.455. The molecule has 0 amide bonds. The van der Waals surface area contributed by atoms with Gasteiger partial charge < -0.3 is 11.5 Å². The highest BCUT2D eigenvalue weighted by molar-refractivity contribution is 7.99. The first kappa shape index (κ1) is 11.6. The van der Waals surface area contributed by atoms with Crippen molar-refractivity contribution < 1.29 is 0 Å². The lowest BCUT2D eigenvalue weighted by Crippen LogP contribution is -2.18. The van der Waals surface area contributed by atoms with E-state index in [0.29, 0.717) is 11.8 Å². The van der Waals surface area contributed by atoms with E-state index >= 15 is 0 Å². The van der Waals surface area contributed by atoms with Gasteiger partial charge in [0.05, 0.1) is 0 Å². The SMILES string of the molecule is CC(CN)SCC(N)c1ccccc1. The van der Waals surface area contributed by atoms with E-state index in [1.54, 1.807) is 0 Å². The van der Waals surface area contributed by atoms with Gasteiger partial charge in [-0.05, 0) is 5.56 Å². The van der Waals surface area contributed by atoms with Crippen molar-refractivity contribution in [2.75, 3.05) is 12.3 Å². The lowest BCUT2D eigenvalue weighted by molar-refractivity contribution is 0.825. The molecule has 0 heterocycles. The molecule has 3 heteroatoms. The van der Waals surface area contributed by atoms with E-state index < -0.39 is 0 Å². The Balaban J connectivity index is 2.39. The summed E-state index contributed by atoms with van der Waals surface area (Å²) in [4.78, 5) is 0. The minimum Gasteiger partial charge on any atom is -0.329 e. The quantitative estimate of drug-likeness (QED) is 0.778. The van der Waals surface area contributed by atoms with Crippen LogP contribution >= 0.6 is 11.8 Å². The van der Waals surface area contributed by atoms with Crippen molar-refractivity contribution in [1.82, 2.24) is 0 Å². The second-order valence-electron chi connectivity index (χ2n) is 3.40. The zero-order valence-corrected chi connectivity index (χ0v) is 9.34. The van der Waals surface area contributed by atoms with Crippen LogP contribution in [0, 0.1) is 0 Å². The molecule has 14 heavy (non-hydrogen) atoms. The molecule has 4 N–H and O–H groups in total. The van der Waals surface area contributed by atoms with Crippen molar-refractivity contribution in [3.63, 3.8) is 0 Å². The molecule has 2 nitrogen and oxygen atoms in total. The molecule has 1 aromatic carbocycles. The van der Waals surface area contributed by atoms with Crippen LogP contribution in [0.1, 0.15) is 18.5 Å². The Morgan fingerprint density at radius 3 is 2.50 bits per heavy atom. The molecule has 0 aliphatic carbocycles. The highest BCUT2D eigenvalue weighted by atomic mass is 32.2. The van der Waals surface area contributed by atoms with Crippen molar-refractivity contribution >= 4 is 11.8 Å². The number of rotatable bonds is 5. The third kappa shape index (κ3) is 3.70. The molecule has 0 saturated heterocycles. The molecular weight excluding hydrogens is 192 g/mol. The molecule has 1 rings (SSSR count). The summed E-state index contributed by atoms with van der Waals surface area (Å²) >= 11 is 1.83. The van der Waals surface area contributed by atoms with Crippen LogP contribution in [0.2, 0.25) is 0 Å². The molecule has 78 valence electrons. The van der Waals surface area contributed by atoms with E-state index in [1.807, 2.05) is 30.0 Å². The van der Waals surface area contributed by atoms with Crippen LogP contribution in [0.4, 0.5) is 0 Å². The van der Waals surface area contributed by atoms with Gasteiger partial charge in [0.1, 0.15) is 0 Å². The summed E-state index contributed by atoms with van der Waals surface area (Å²) in [7, 11) is 0. The van der Waals surface area contributed by atoms with Crippen LogP contribution in [0.15, 0.2) is 30.3 Å². The van der Waals surface area contributed by atoms with Crippen LogP contribution in [0.3, 0.4) is 0 Å². The molecule has 0 fully saturated rings. The Morgan fingerprint density at radius 2 is 1.93 bits per heavy atom. The summed E-state index contributed by atoms with van der Waals surface area (Å²) < 4.78 is 0. The van der Waals surface area contributed by atoms with Gasteiger partial charge in [0.2, 0.25) is 0 Å². The average Bonchev–Trinajstić information content (AvgIpc) is 2.26. The van der Waals surface area contributed by atoms with Crippen LogP contribution in [0.25, 0.3) is 0 Å². The Hall–Kier alpha value is -0.510. The molecule has 2 unspecified atom stereocenters. The van der Waals surface area contributed by atoms with Crippen molar-refractivity contribution in [3.8, 4) is 0 Å². The third-order valence-corrected chi connectivity index (χ3v) is 3.43. The van der Waals surface area contributed by atoms with E-state index in [0.717, 1.165) is 5.75 Å². The zero-order valence-electron chi connectivity index (χ0n) is 8.52. The lowest BCUT2D eigenvalue weighted by Gasteiger charge is -2.14. The molecule has 0 bridgehead atoms. The Morgan fingerprint density at radius 1 is 1.29 bits per heavy atom. The summed E-state index contributed by atoms with van der Waals surface area (Å²) in [5.41, 5.74) is 12.8. The standard InChI is InChI=1S/C11H18N2S/c1-9(7-12)14-8-11(13)10-5-3-2-4-6-10/h2-6,9,11H,7-8,12-13H2,1H3. The molecule has 0 spiro atoms. The van der Waals surface area contributed by atoms with Crippen LogP contribution < -0.4 is 11.5 Å². The maximum Gasteiger partial charge on any atom is 0.0386 e. The van der Waals surface area contributed by atoms with E-state index in [9.17, 15) is 0 Å². The first-order valence-corrected chi connectivity index (χ1v) is 5.91. The predicted molar refractivity (Wildman–Crippen MR) is 64.3 cm³/mol. The van der Waals surface area contributed by atoms with Gasteiger partial charge in [-0.15, -0.1) is 0 Å². The largest absolute Gasteiger partial charge is 0.329 e. The van der Waals surface area contributed by atoms with Crippen molar-refractivity contribution in [1.29, 1.82) is 0 Å². The second kappa shape index (κ2) is 6.06. The molecule has 1 aromatic rings. The third-order valence-electron chi connectivity index (χ3n) is 2.12. The summed E-state index contributed by atoms with van der Waals surface area (Å²) in [6.45, 7) is 2.84. The predicted octanol–water partition coefficient (Wildman–Crippen LogP) is 1.77. The molecule has 0 aliphatic rings. The molecule has 2 atom stereocenters. The summed E-state index contributed by atoms with van der Waals surface area (Å²) in [5.74, 6) is 0.933. The van der Waals surface area contributed by atoms with Gasteiger partial charge in [-0.3, -0.25) is 0 Å². The van der Waals surface area contributed by atoms with Crippen LogP contribution in [-0.4, -0.2) is 17.5 Å². The summed E-state index contributed by atoms with van der Waals surface area (Å²) in [6.07, 6.45) is 0. The van der Waals surface area contributed by atoms with Gasteiger partial charge in [-0.2, -0.15) is 11.8 Å². The topological polar surface area (TPSA) is 52.0 Å². The van der Waals surface area contributed by atoms with E-state index in [2.05, 4.69) is 19.1 Å². The van der Waals surface area contributed by atoms with Crippen molar-refractivity contribution in [3.05, 3.63) is 35.9 Å². The lowest BCUT2D eigenvalue weighted by atomic mass is 10.1. The van der Waals surface area contributed by atoms with Gasteiger partial charge in [-0.25, -0.2) is 0 Å². The first-order chi connectivity index (χ1) is 6.74. The fourth-order valence-corrected chi connectivity index (χ4v) is 2.00. The minimum atomic E-state index is 0.121. The van der Waals surface area contributed by atoms with Gasteiger partial charge >= 0.3 is 0 Å². The Bertz CT molecular complexity index is 251. The first-order valence-electron chi connectivity index (χ1n) is 4.86. The highest BCUT2D eigenvalue weighted by Gasteiger charge is 2.07. The number of thioether (sulfide) groups is 1. The maximum atomic E-state index is 6.04. The smallest absolute Gasteiger partial charge is 0.0386 e. The number of benzene rings is 1. The van der Waals surface area contributed by atoms with Gasteiger partial charge in [0.15, 0.2) is 0 Å². The average molecular weight is 210 g/mol. The monoisotopic (exact) mass is 210 g/mol. The van der Waals surface area contributed by atoms with Crippen LogP contribution in [-0.2, 0) is 0 Å². The second-order valence-corrected chi connectivity index (χ2v) is 4.87. The summed E-state index contributed by atoms with van der Waals surface area (Å²) in [5, 5.41) is 0.491. The minimum absolute atomic E-state index is 0.121. The molecule has 0 aromatic heterocycles. The Kier molecular flexibility index (Phi) is 5.01. The van der Waals surface area contributed by atoms with Crippen molar-refractivity contribution in [2.45, 2.75) is 18.2 Å². The van der Waals surface area contributed by atoms with E-state index in [1.165, 1.54) is 5.56 Å². The number of nitrogens with two attached hydrogens (primary N) is 2. The zero-order chi connectivity index (χ0) is 10.4. The number of hydrogen-bond acceptors (Lipinski definition) is 3. The van der Waals surface area contributed by atoms with E-state index in [-0.39, 0.29) is 6.04 Å². The van der Waals surface area contributed by atoms with Crippen LogP contribution in [0.5, 0.6) is 0 Å². The fourth-order valence-electron chi connectivity index (χ4n) is 1.13. The van der Waals surface area contributed by atoms with Gasteiger partial charge in [0, 0.05) is 23.6 Å². The highest BCUT2D eigenvalue weighted by Crippen LogP contribution is 2.18. The molecule has 0 saturated carbocycles. The molecular formula is C11H18N2S. The molecule has 0 radical (unpaired) electrons. The van der Waals surface area contributed by atoms with E-state index in [4.69, 9.17) is 11.5 Å². The van der Waals surface area contributed by atoms with Gasteiger partial charge in [-0.1, -0.05) is 37.3 Å². The summed E-state index contributed by atoms with van der Waals surface area (Å²) in [6, 6.07) is 10.3. The maximum absolute atomic E-state index is 6.04. The Labute approximate surface area is 90.1 Å². The van der Waals surface area contributed by atoms with Gasteiger partial charge in [0.25, 0.3) is 0 Å².